The number of rotatable bonds is 6. The molecule has 1 unspecified atom stereocenters. The van der Waals surface area contributed by atoms with Crippen molar-refractivity contribution in [3.63, 3.8) is 0 Å². The fraction of sp³-hybridized carbons (Fsp3) is 0.300. The average Bonchev–Trinajstić information content (AvgIpc) is 2.66. The van der Waals surface area contributed by atoms with Crippen LogP contribution in [0.2, 0.25) is 0 Å². The van der Waals surface area contributed by atoms with Crippen molar-refractivity contribution >= 4 is 23.5 Å². The number of carbonyl (C=O) groups excluding carboxylic acids is 2. The van der Waals surface area contributed by atoms with Crippen molar-refractivity contribution in [2.45, 2.75) is 24.3 Å². The normalized spacial score (nSPS) is 15.7. The molecule has 1 amide bonds. The third-order valence-electron chi connectivity index (χ3n) is 4.22. The van der Waals surface area contributed by atoms with Crippen LogP contribution in [0.15, 0.2) is 47.4 Å². The predicted molar refractivity (Wildman–Crippen MR) is 101 cm³/mol. The number of Topliss-reactive ketones (excluding diaryl/α,β-unsaturated/α-hetero) is 1. The minimum atomic E-state index is -0.186. The van der Waals surface area contributed by atoms with Gasteiger partial charge in [-0.2, -0.15) is 0 Å². The van der Waals surface area contributed by atoms with Crippen molar-refractivity contribution < 1.29 is 19.1 Å². The SMILES string of the molecule is COc1cc(C(C)=O)ccc1OCC(=O)NC1CCSc2ccccc21. The molecule has 6 heteroatoms. The Morgan fingerprint density at radius 1 is 1.19 bits per heavy atom. The molecule has 136 valence electrons. The highest BCUT2D eigenvalue weighted by Gasteiger charge is 2.22. The predicted octanol–water partition coefficient (Wildman–Crippen LogP) is 3.63. The standard InChI is InChI=1S/C20H21NO4S/c1-13(22)14-7-8-17(18(11-14)24-2)25-12-20(23)21-16-9-10-26-19-6-4-3-5-15(16)19/h3-8,11,16H,9-10,12H2,1-2H3,(H,21,23). The maximum atomic E-state index is 12.3. The van der Waals surface area contributed by atoms with E-state index in [1.165, 1.54) is 18.9 Å². The summed E-state index contributed by atoms with van der Waals surface area (Å²) in [5.41, 5.74) is 1.69. The largest absolute Gasteiger partial charge is 0.493 e. The summed E-state index contributed by atoms with van der Waals surface area (Å²) in [5.74, 6) is 1.61. The molecule has 3 rings (SSSR count). The molecule has 0 fully saturated rings. The summed E-state index contributed by atoms with van der Waals surface area (Å²) in [6, 6.07) is 13.1. The van der Waals surface area contributed by atoms with Gasteiger partial charge in [-0.05, 0) is 43.2 Å². The molecule has 0 aliphatic carbocycles. The van der Waals surface area contributed by atoms with E-state index in [2.05, 4.69) is 17.4 Å². The topological polar surface area (TPSA) is 64.6 Å². The van der Waals surface area contributed by atoms with Crippen molar-refractivity contribution in [1.29, 1.82) is 0 Å². The van der Waals surface area contributed by atoms with Gasteiger partial charge < -0.3 is 14.8 Å². The van der Waals surface area contributed by atoms with Crippen LogP contribution in [0.25, 0.3) is 0 Å². The zero-order chi connectivity index (χ0) is 18.5. The molecule has 26 heavy (non-hydrogen) atoms. The second-order valence-corrected chi connectivity index (χ2v) is 7.14. The van der Waals surface area contributed by atoms with Crippen LogP contribution in [0.1, 0.15) is 35.3 Å². The number of benzene rings is 2. The Morgan fingerprint density at radius 2 is 2.00 bits per heavy atom. The smallest absolute Gasteiger partial charge is 0.258 e. The lowest BCUT2D eigenvalue weighted by atomic mass is 10.0. The van der Waals surface area contributed by atoms with Gasteiger partial charge in [0.1, 0.15) is 0 Å². The van der Waals surface area contributed by atoms with Crippen LogP contribution in [-0.2, 0) is 4.79 Å². The van der Waals surface area contributed by atoms with Crippen molar-refractivity contribution in [1.82, 2.24) is 5.32 Å². The van der Waals surface area contributed by atoms with E-state index in [4.69, 9.17) is 9.47 Å². The quantitative estimate of drug-likeness (QED) is 0.786. The molecular weight excluding hydrogens is 350 g/mol. The maximum Gasteiger partial charge on any atom is 0.258 e. The number of hydrogen-bond donors (Lipinski definition) is 1. The number of fused-ring (bicyclic) bond motifs is 1. The van der Waals surface area contributed by atoms with Crippen molar-refractivity contribution in [2.75, 3.05) is 19.5 Å². The molecule has 1 N–H and O–H groups in total. The number of nitrogens with one attached hydrogen (secondary N) is 1. The van der Waals surface area contributed by atoms with Gasteiger partial charge in [-0.25, -0.2) is 0 Å². The molecule has 0 aromatic heterocycles. The summed E-state index contributed by atoms with van der Waals surface area (Å²) in [6.45, 7) is 1.38. The number of thioether (sulfide) groups is 1. The number of methoxy groups -OCH3 is 1. The van der Waals surface area contributed by atoms with Crippen LogP contribution in [0.4, 0.5) is 0 Å². The molecule has 0 radical (unpaired) electrons. The molecule has 0 saturated heterocycles. The van der Waals surface area contributed by atoms with Crippen LogP contribution in [0, 0.1) is 0 Å². The molecule has 1 aliphatic heterocycles. The molecule has 2 aromatic carbocycles. The molecule has 5 nitrogen and oxygen atoms in total. The molecular formula is C20H21NO4S. The number of hydrogen-bond acceptors (Lipinski definition) is 5. The van der Waals surface area contributed by atoms with Gasteiger partial charge >= 0.3 is 0 Å². The Labute approximate surface area is 157 Å². The van der Waals surface area contributed by atoms with Crippen LogP contribution in [0.5, 0.6) is 11.5 Å². The van der Waals surface area contributed by atoms with Gasteiger partial charge in [0.05, 0.1) is 13.2 Å². The van der Waals surface area contributed by atoms with Crippen molar-refractivity contribution in [3.05, 3.63) is 53.6 Å². The first-order valence-electron chi connectivity index (χ1n) is 8.41. The average molecular weight is 371 g/mol. The van der Waals surface area contributed by atoms with Crippen molar-refractivity contribution in [2.24, 2.45) is 0 Å². The van der Waals surface area contributed by atoms with Gasteiger partial charge in [0.25, 0.3) is 5.91 Å². The summed E-state index contributed by atoms with van der Waals surface area (Å²) in [6.07, 6.45) is 0.893. The fourth-order valence-corrected chi connectivity index (χ4v) is 4.00. The van der Waals surface area contributed by atoms with E-state index >= 15 is 0 Å². The lowest BCUT2D eigenvalue weighted by molar-refractivity contribution is -0.123. The van der Waals surface area contributed by atoms with E-state index in [9.17, 15) is 9.59 Å². The van der Waals surface area contributed by atoms with Gasteiger partial charge in [-0.15, -0.1) is 11.8 Å². The van der Waals surface area contributed by atoms with Gasteiger partial charge in [0.15, 0.2) is 23.9 Å². The second-order valence-electron chi connectivity index (χ2n) is 6.01. The molecule has 0 saturated carbocycles. The molecule has 1 aliphatic rings. The Balaban J connectivity index is 1.62. The number of amides is 1. The minimum Gasteiger partial charge on any atom is -0.493 e. The van der Waals surface area contributed by atoms with Crippen LogP contribution < -0.4 is 14.8 Å². The third kappa shape index (κ3) is 4.19. The zero-order valence-corrected chi connectivity index (χ0v) is 15.6. The summed E-state index contributed by atoms with van der Waals surface area (Å²) in [4.78, 5) is 25.0. The van der Waals surface area contributed by atoms with Gasteiger partial charge in [0, 0.05) is 16.2 Å². The molecule has 0 spiro atoms. The first kappa shape index (κ1) is 18.3. The summed E-state index contributed by atoms with van der Waals surface area (Å²) in [7, 11) is 1.50. The van der Waals surface area contributed by atoms with Gasteiger partial charge in [-0.1, -0.05) is 18.2 Å². The van der Waals surface area contributed by atoms with Crippen LogP contribution in [-0.4, -0.2) is 31.2 Å². The number of ether oxygens (including phenoxy) is 2. The molecule has 1 atom stereocenters. The van der Waals surface area contributed by atoms with E-state index in [-0.39, 0.29) is 24.3 Å². The third-order valence-corrected chi connectivity index (χ3v) is 5.35. The Kier molecular flexibility index (Phi) is 5.83. The minimum absolute atomic E-state index is 0.00512. The Bertz CT molecular complexity index is 821. The second kappa shape index (κ2) is 8.27. The number of carbonyl (C=O) groups is 2. The van der Waals surface area contributed by atoms with Gasteiger partial charge in [0.2, 0.25) is 0 Å². The fourth-order valence-electron chi connectivity index (χ4n) is 2.88. The van der Waals surface area contributed by atoms with E-state index in [0.29, 0.717) is 17.1 Å². The highest BCUT2D eigenvalue weighted by Crippen LogP contribution is 2.35. The summed E-state index contributed by atoms with van der Waals surface area (Å²) >= 11 is 1.81. The van der Waals surface area contributed by atoms with Crippen molar-refractivity contribution in [3.8, 4) is 11.5 Å². The molecule has 1 heterocycles. The first-order chi connectivity index (χ1) is 12.6. The monoisotopic (exact) mass is 371 g/mol. The summed E-state index contributed by atoms with van der Waals surface area (Å²) in [5, 5.41) is 3.04. The van der Waals surface area contributed by atoms with E-state index in [1.807, 2.05) is 23.9 Å². The van der Waals surface area contributed by atoms with E-state index in [1.54, 1.807) is 18.2 Å². The maximum absolute atomic E-state index is 12.3. The molecule has 2 aromatic rings. The summed E-state index contributed by atoms with van der Waals surface area (Å²) < 4.78 is 10.9. The van der Waals surface area contributed by atoms with E-state index in [0.717, 1.165) is 17.7 Å². The highest BCUT2D eigenvalue weighted by atomic mass is 32.2. The number of ketones is 1. The lowest BCUT2D eigenvalue weighted by Gasteiger charge is -2.25. The Hall–Kier alpha value is -2.47. The van der Waals surface area contributed by atoms with Gasteiger partial charge in [-0.3, -0.25) is 9.59 Å². The lowest BCUT2D eigenvalue weighted by Crippen LogP contribution is -2.34. The first-order valence-corrected chi connectivity index (χ1v) is 9.40. The van der Waals surface area contributed by atoms with Crippen LogP contribution in [0.3, 0.4) is 0 Å². The van der Waals surface area contributed by atoms with Crippen LogP contribution >= 0.6 is 11.8 Å². The molecule has 0 bridgehead atoms. The zero-order valence-electron chi connectivity index (χ0n) is 14.8. The highest BCUT2D eigenvalue weighted by molar-refractivity contribution is 7.99. The Morgan fingerprint density at radius 3 is 2.77 bits per heavy atom. The van der Waals surface area contributed by atoms with E-state index < -0.39 is 0 Å².